The van der Waals surface area contributed by atoms with Gasteiger partial charge in [-0.05, 0) is 86.3 Å². The second kappa shape index (κ2) is 10.3. The summed E-state index contributed by atoms with van der Waals surface area (Å²) in [6, 6.07) is 13.9. The van der Waals surface area contributed by atoms with Gasteiger partial charge < -0.3 is 5.32 Å². The van der Waals surface area contributed by atoms with Crippen LogP contribution in [0.3, 0.4) is 0 Å². The fourth-order valence-corrected chi connectivity index (χ4v) is 7.30. The largest absolute Gasteiger partial charge is 0.325 e. The summed E-state index contributed by atoms with van der Waals surface area (Å²) >= 11 is 2.97. The summed E-state index contributed by atoms with van der Waals surface area (Å²) in [4.78, 5) is 34.1. The zero-order valence-electron chi connectivity index (χ0n) is 23.0. The van der Waals surface area contributed by atoms with Gasteiger partial charge in [-0.1, -0.05) is 62.4 Å². The Morgan fingerprint density at radius 1 is 1.11 bits per heavy atom. The number of nitrogens with zero attached hydrogens (tertiary/aromatic N) is 2. The third-order valence-electron chi connectivity index (χ3n) is 7.57. The number of hydrogen-bond acceptors (Lipinski definition) is 5. The highest BCUT2D eigenvalue weighted by Crippen LogP contribution is 2.42. The summed E-state index contributed by atoms with van der Waals surface area (Å²) in [6.45, 7) is 12.9. The van der Waals surface area contributed by atoms with Crippen molar-refractivity contribution in [2.45, 2.75) is 66.0 Å². The highest BCUT2D eigenvalue weighted by Gasteiger charge is 2.32. The molecule has 1 atom stereocenters. The standard InChI is InChI=1S/C31H35N3O2S2/c1-18-8-12-22(13-9-18)34-29(36)27-23-14-11-21(31(4,5)6)16-25(23)38-28(27)33-30(34)37-17-26(35)32-24-15-19(2)7-10-20(24)3/h7-10,12-13,15,21H,11,14,16-17H2,1-6H3,(H,32,35). The van der Waals surface area contributed by atoms with Crippen LogP contribution in [0.4, 0.5) is 5.69 Å². The molecule has 5 rings (SSSR count). The Kier molecular flexibility index (Phi) is 7.27. The van der Waals surface area contributed by atoms with Crippen LogP contribution in [-0.4, -0.2) is 21.2 Å². The molecule has 0 spiro atoms. The molecule has 7 heteroatoms. The molecule has 0 fully saturated rings. The highest BCUT2D eigenvalue weighted by atomic mass is 32.2. The van der Waals surface area contributed by atoms with Crippen molar-refractivity contribution >= 4 is 44.9 Å². The van der Waals surface area contributed by atoms with Gasteiger partial charge in [0.05, 0.1) is 16.8 Å². The second-order valence-electron chi connectivity index (χ2n) is 11.5. The molecule has 1 N–H and O–H groups in total. The Morgan fingerprint density at radius 3 is 2.53 bits per heavy atom. The summed E-state index contributed by atoms with van der Waals surface area (Å²) in [5.41, 5.74) is 6.19. The minimum absolute atomic E-state index is 0.0389. The van der Waals surface area contributed by atoms with E-state index in [-0.39, 0.29) is 22.6 Å². The second-order valence-corrected chi connectivity index (χ2v) is 13.5. The van der Waals surface area contributed by atoms with Crippen LogP contribution in [0.15, 0.2) is 52.4 Å². The Hall–Kier alpha value is -2.90. The number of fused-ring (bicyclic) bond motifs is 3. The van der Waals surface area contributed by atoms with E-state index in [2.05, 4.69) is 26.1 Å². The number of amides is 1. The van der Waals surface area contributed by atoms with Crippen molar-refractivity contribution in [2.24, 2.45) is 11.3 Å². The van der Waals surface area contributed by atoms with Gasteiger partial charge in [-0.25, -0.2) is 4.98 Å². The predicted molar refractivity (Wildman–Crippen MR) is 160 cm³/mol. The van der Waals surface area contributed by atoms with Gasteiger partial charge in [0.1, 0.15) is 4.83 Å². The maximum atomic E-state index is 14.1. The minimum Gasteiger partial charge on any atom is -0.325 e. The topological polar surface area (TPSA) is 64.0 Å². The molecule has 2 aromatic carbocycles. The number of rotatable bonds is 5. The molecule has 198 valence electrons. The number of thiophene rings is 1. The summed E-state index contributed by atoms with van der Waals surface area (Å²) < 4.78 is 1.69. The van der Waals surface area contributed by atoms with Crippen LogP contribution < -0.4 is 10.9 Å². The van der Waals surface area contributed by atoms with Crippen LogP contribution in [0.5, 0.6) is 0 Å². The first-order chi connectivity index (χ1) is 18.0. The minimum atomic E-state index is -0.119. The lowest BCUT2D eigenvalue weighted by atomic mass is 9.72. The summed E-state index contributed by atoms with van der Waals surface area (Å²) in [6.07, 6.45) is 2.98. The molecular weight excluding hydrogens is 510 g/mol. The Balaban J connectivity index is 1.52. The zero-order chi connectivity index (χ0) is 27.2. The van der Waals surface area contributed by atoms with Gasteiger partial charge >= 0.3 is 0 Å². The number of nitrogens with one attached hydrogen (secondary N) is 1. The maximum Gasteiger partial charge on any atom is 0.267 e. The number of benzene rings is 2. The number of carbonyl (C=O) groups is 1. The summed E-state index contributed by atoms with van der Waals surface area (Å²) in [7, 11) is 0. The molecule has 0 radical (unpaired) electrons. The number of carbonyl (C=O) groups excluding carboxylic acids is 1. The number of hydrogen-bond donors (Lipinski definition) is 1. The van der Waals surface area contributed by atoms with Gasteiger partial charge in [0.15, 0.2) is 5.16 Å². The fraction of sp³-hybridized carbons (Fsp3) is 0.387. The van der Waals surface area contributed by atoms with Gasteiger partial charge in [-0.15, -0.1) is 11.3 Å². The molecule has 5 nitrogen and oxygen atoms in total. The summed E-state index contributed by atoms with van der Waals surface area (Å²) in [5, 5.41) is 4.33. The average Bonchev–Trinajstić information content (AvgIpc) is 3.23. The van der Waals surface area contributed by atoms with Crippen molar-refractivity contribution in [3.05, 3.63) is 79.9 Å². The van der Waals surface area contributed by atoms with Crippen LogP contribution in [0.2, 0.25) is 0 Å². The first kappa shape index (κ1) is 26.7. The lowest BCUT2D eigenvalue weighted by Gasteiger charge is -2.33. The number of thioether (sulfide) groups is 1. The fourth-order valence-electron chi connectivity index (χ4n) is 5.15. The van der Waals surface area contributed by atoms with E-state index in [0.29, 0.717) is 11.1 Å². The molecule has 1 aliphatic carbocycles. The van der Waals surface area contributed by atoms with Crippen LogP contribution >= 0.6 is 23.1 Å². The van der Waals surface area contributed by atoms with E-state index in [0.717, 1.165) is 57.5 Å². The average molecular weight is 546 g/mol. The molecule has 1 unspecified atom stereocenters. The van der Waals surface area contributed by atoms with Gasteiger partial charge in [0.2, 0.25) is 5.91 Å². The molecule has 0 saturated heterocycles. The smallest absolute Gasteiger partial charge is 0.267 e. The maximum absolute atomic E-state index is 14.1. The van der Waals surface area contributed by atoms with E-state index < -0.39 is 0 Å². The monoisotopic (exact) mass is 545 g/mol. The van der Waals surface area contributed by atoms with Gasteiger partial charge in [-0.2, -0.15) is 0 Å². The molecule has 1 amide bonds. The van der Waals surface area contributed by atoms with E-state index in [1.807, 2.05) is 63.2 Å². The van der Waals surface area contributed by atoms with Crippen molar-refractivity contribution in [3.8, 4) is 5.69 Å². The van der Waals surface area contributed by atoms with Crippen molar-refractivity contribution in [2.75, 3.05) is 11.1 Å². The molecule has 2 heterocycles. The van der Waals surface area contributed by atoms with Crippen molar-refractivity contribution < 1.29 is 4.79 Å². The molecule has 0 aliphatic heterocycles. The Labute approximate surface area is 232 Å². The van der Waals surface area contributed by atoms with Crippen molar-refractivity contribution in [1.29, 1.82) is 0 Å². The van der Waals surface area contributed by atoms with Crippen LogP contribution in [0.25, 0.3) is 15.9 Å². The van der Waals surface area contributed by atoms with Crippen LogP contribution in [-0.2, 0) is 17.6 Å². The van der Waals surface area contributed by atoms with Crippen molar-refractivity contribution in [1.82, 2.24) is 9.55 Å². The Bertz CT molecular complexity index is 1580. The summed E-state index contributed by atoms with van der Waals surface area (Å²) in [5.74, 6) is 0.631. The molecule has 2 aromatic heterocycles. The quantitative estimate of drug-likeness (QED) is 0.212. The number of anilines is 1. The third-order valence-corrected chi connectivity index (χ3v) is 9.66. The first-order valence-electron chi connectivity index (χ1n) is 13.2. The lowest BCUT2D eigenvalue weighted by Crippen LogP contribution is -2.27. The van der Waals surface area contributed by atoms with Crippen molar-refractivity contribution in [3.63, 3.8) is 0 Å². The zero-order valence-corrected chi connectivity index (χ0v) is 24.6. The Morgan fingerprint density at radius 2 is 1.82 bits per heavy atom. The van der Waals surface area contributed by atoms with Crippen LogP contribution in [0, 0.1) is 32.1 Å². The van der Waals surface area contributed by atoms with E-state index >= 15 is 0 Å². The normalized spacial score (nSPS) is 15.5. The first-order valence-corrected chi connectivity index (χ1v) is 15.0. The molecular formula is C31H35N3O2S2. The lowest BCUT2D eigenvalue weighted by molar-refractivity contribution is -0.113. The predicted octanol–water partition coefficient (Wildman–Crippen LogP) is 7.25. The van der Waals surface area contributed by atoms with Gasteiger partial charge in [0, 0.05) is 10.6 Å². The molecule has 1 aliphatic rings. The van der Waals surface area contributed by atoms with Gasteiger partial charge in [0.25, 0.3) is 5.56 Å². The van der Waals surface area contributed by atoms with Gasteiger partial charge in [-0.3, -0.25) is 14.2 Å². The molecule has 4 aromatic rings. The third kappa shape index (κ3) is 5.32. The molecule has 38 heavy (non-hydrogen) atoms. The molecule has 0 bridgehead atoms. The van der Waals surface area contributed by atoms with E-state index in [1.165, 1.54) is 22.2 Å². The highest BCUT2D eigenvalue weighted by molar-refractivity contribution is 7.99. The van der Waals surface area contributed by atoms with Crippen LogP contribution in [0.1, 0.15) is 54.3 Å². The van der Waals surface area contributed by atoms with E-state index in [9.17, 15) is 9.59 Å². The number of aromatic nitrogens is 2. The molecule has 0 saturated carbocycles. The SMILES string of the molecule is Cc1ccc(-n2c(SCC(=O)Nc3cc(C)ccc3C)nc3sc4c(c3c2=O)CCC(C(C)(C)C)C4)cc1. The van der Waals surface area contributed by atoms with E-state index in [1.54, 1.807) is 15.9 Å². The van der Waals surface area contributed by atoms with E-state index in [4.69, 9.17) is 4.98 Å². The number of aryl methyl sites for hydroxylation is 4.